The van der Waals surface area contributed by atoms with Crippen molar-refractivity contribution < 1.29 is 4.79 Å². The molecule has 1 amide bonds. The van der Waals surface area contributed by atoms with Gasteiger partial charge in [0, 0.05) is 44.3 Å². The molecule has 23 heavy (non-hydrogen) atoms. The van der Waals surface area contributed by atoms with Crippen LogP contribution in [0.1, 0.15) is 29.2 Å². The second-order valence-corrected chi connectivity index (χ2v) is 5.63. The predicted molar refractivity (Wildman–Crippen MR) is 89.5 cm³/mol. The molecule has 3 rings (SSSR count). The van der Waals surface area contributed by atoms with Crippen molar-refractivity contribution in [2.75, 3.05) is 24.5 Å². The molecule has 0 radical (unpaired) electrons. The smallest absolute Gasteiger partial charge is 0.253 e. The first kappa shape index (κ1) is 15.3. The third-order valence-corrected chi connectivity index (χ3v) is 4.15. The summed E-state index contributed by atoms with van der Waals surface area (Å²) in [6, 6.07) is 4.25. The maximum Gasteiger partial charge on any atom is 0.253 e. The zero-order valence-corrected chi connectivity index (χ0v) is 13.1. The zero-order valence-electron chi connectivity index (χ0n) is 13.1. The van der Waals surface area contributed by atoms with E-state index in [1.165, 1.54) is 0 Å². The van der Waals surface area contributed by atoms with Crippen LogP contribution in [-0.4, -0.2) is 40.1 Å². The molecule has 0 bridgehead atoms. The largest absolute Gasteiger partial charge is 0.356 e. The minimum Gasteiger partial charge on any atom is -0.356 e. The van der Waals surface area contributed by atoms with E-state index in [9.17, 15) is 4.79 Å². The number of pyridine rings is 1. The molecule has 0 spiro atoms. The Morgan fingerprint density at radius 3 is 2.83 bits per heavy atom. The van der Waals surface area contributed by atoms with E-state index in [4.69, 9.17) is 0 Å². The highest BCUT2D eigenvalue weighted by molar-refractivity contribution is 5.94. The highest BCUT2D eigenvalue weighted by Gasteiger charge is 2.21. The summed E-state index contributed by atoms with van der Waals surface area (Å²) < 4.78 is 2.18. The van der Waals surface area contributed by atoms with Crippen molar-refractivity contribution in [3.63, 3.8) is 0 Å². The molecule has 1 fully saturated rings. The van der Waals surface area contributed by atoms with Crippen molar-refractivity contribution >= 4 is 11.7 Å². The van der Waals surface area contributed by atoms with Gasteiger partial charge in [-0.25, -0.2) is 9.97 Å². The van der Waals surface area contributed by atoms with Gasteiger partial charge in [0.25, 0.3) is 5.91 Å². The average Bonchev–Trinajstić information content (AvgIpc) is 3.14. The summed E-state index contributed by atoms with van der Waals surface area (Å²) in [4.78, 5) is 22.7. The van der Waals surface area contributed by atoms with Gasteiger partial charge in [0.1, 0.15) is 5.82 Å². The maximum absolute atomic E-state index is 11.8. The summed E-state index contributed by atoms with van der Waals surface area (Å²) in [6.45, 7) is 5.96. The van der Waals surface area contributed by atoms with Crippen LogP contribution in [0.15, 0.2) is 49.7 Å². The number of hydrogen-bond acceptors (Lipinski definition) is 4. The van der Waals surface area contributed by atoms with Gasteiger partial charge in [0.05, 0.1) is 11.9 Å². The van der Waals surface area contributed by atoms with Crippen LogP contribution >= 0.6 is 0 Å². The van der Waals surface area contributed by atoms with Crippen LogP contribution in [0.2, 0.25) is 0 Å². The van der Waals surface area contributed by atoms with Crippen LogP contribution in [0.25, 0.3) is 0 Å². The number of piperidine rings is 1. The van der Waals surface area contributed by atoms with Crippen molar-refractivity contribution in [2.45, 2.75) is 18.9 Å². The number of hydrogen-bond donors (Lipinski definition) is 1. The fourth-order valence-corrected chi connectivity index (χ4v) is 2.85. The standard InChI is InChI=1S/C17H21N5O/c1-2-7-19-17(23)14-3-4-16(20-12-14)21-9-5-15(6-10-21)22-11-8-18-13-22/h2-4,8,11-13,15H,1,5-7,9-10H2,(H,19,23). The van der Waals surface area contributed by atoms with E-state index in [1.54, 1.807) is 12.3 Å². The second-order valence-electron chi connectivity index (χ2n) is 5.63. The highest BCUT2D eigenvalue weighted by Crippen LogP contribution is 2.25. The lowest BCUT2D eigenvalue weighted by Crippen LogP contribution is -2.35. The Morgan fingerprint density at radius 2 is 2.22 bits per heavy atom. The fraction of sp³-hybridized carbons (Fsp3) is 0.353. The molecule has 6 nitrogen and oxygen atoms in total. The normalized spacial score (nSPS) is 15.4. The molecular formula is C17H21N5O. The number of rotatable bonds is 5. The fourth-order valence-electron chi connectivity index (χ4n) is 2.85. The van der Waals surface area contributed by atoms with Crippen LogP contribution in [0.3, 0.4) is 0 Å². The minimum absolute atomic E-state index is 0.122. The monoisotopic (exact) mass is 311 g/mol. The van der Waals surface area contributed by atoms with Crippen molar-refractivity contribution in [2.24, 2.45) is 0 Å². The summed E-state index contributed by atoms with van der Waals surface area (Å²) in [6.07, 6.45) is 11.2. The topological polar surface area (TPSA) is 63.1 Å². The Labute approximate surface area is 135 Å². The van der Waals surface area contributed by atoms with Crippen LogP contribution in [0.4, 0.5) is 5.82 Å². The Morgan fingerprint density at radius 1 is 1.39 bits per heavy atom. The summed E-state index contributed by atoms with van der Waals surface area (Å²) in [5.74, 6) is 0.803. The van der Waals surface area contributed by atoms with Crippen molar-refractivity contribution in [1.29, 1.82) is 0 Å². The van der Waals surface area contributed by atoms with E-state index in [0.717, 1.165) is 31.7 Å². The van der Waals surface area contributed by atoms with E-state index >= 15 is 0 Å². The summed E-state index contributed by atoms with van der Waals surface area (Å²) in [5, 5.41) is 2.75. The molecule has 2 aromatic rings. The van der Waals surface area contributed by atoms with E-state index in [-0.39, 0.29) is 5.91 Å². The Hall–Kier alpha value is -2.63. The minimum atomic E-state index is -0.122. The van der Waals surface area contributed by atoms with Crippen LogP contribution in [0.5, 0.6) is 0 Å². The summed E-state index contributed by atoms with van der Waals surface area (Å²) in [7, 11) is 0. The van der Waals surface area contributed by atoms with Gasteiger partial charge in [0.15, 0.2) is 0 Å². The molecule has 1 saturated heterocycles. The first-order valence-electron chi connectivity index (χ1n) is 7.85. The number of imidazole rings is 1. The molecule has 1 aliphatic heterocycles. The molecule has 1 aliphatic rings. The Kier molecular flexibility index (Phi) is 4.71. The summed E-state index contributed by atoms with van der Waals surface area (Å²) >= 11 is 0. The van der Waals surface area contributed by atoms with Gasteiger partial charge < -0.3 is 14.8 Å². The van der Waals surface area contributed by atoms with E-state index in [0.29, 0.717) is 18.2 Å². The number of aromatic nitrogens is 3. The summed E-state index contributed by atoms with van der Waals surface area (Å²) in [5.41, 5.74) is 0.573. The lowest BCUT2D eigenvalue weighted by molar-refractivity contribution is 0.0957. The number of carbonyl (C=O) groups is 1. The van der Waals surface area contributed by atoms with Crippen LogP contribution < -0.4 is 10.2 Å². The van der Waals surface area contributed by atoms with E-state index < -0.39 is 0 Å². The van der Waals surface area contributed by atoms with Crippen molar-refractivity contribution in [1.82, 2.24) is 19.9 Å². The average molecular weight is 311 g/mol. The van der Waals surface area contributed by atoms with E-state index in [1.807, 2.05) is 30.9 Å². The number of nitrogens with one attached hydrogen (secondary N) is 1. The van der Waals surface area contributed by atoms with Crippen LogP contribution in [-0.2, 0) is 0 Å². The molecular weight excluding hydrogens is 290 g/mol. The number of nitrogens with zero attached hydrogens (tertiary/aromatic N) is 4. The number of amides is 1. The first-order valence-corrected chi connectivity index (χ1v) is 7.85. The molecule has 120 valence electrons. The molecule has 3 heterocycles. The van der Waals surface area contributed by atoms with Gasteiger partial charge >= 0.3 is 0 Å². The lowest BCUT2D eigenvalue weighted by Gasteiger charge is -2.33. The highest BCUT2D eigenvalue weighted by atomic mass is 16.1. The first-order chi connectivity index (χ1) is 11.3. The second kappa shape index (κ2) is 7.09. The third kappa shape index (κ3) is 3.59. The molecule has 2 aromatic heterocycles. The van der Waals surface area contributed by atoms with Crippen molar-refractivity contribution in [3.05, 3.63) is 55.3 Å². The van der Waals surface area contributed by atoms with Gasteiger partial charge in [-0.15, -0.1) is 6.58 Å². The maximum atomic E-state index is 11.8. The van der Waals surface area contributed by atoms with E-state index in [2.05, 4.69) is 31.3 Å². The Bertz CT molecular complexity index is 642. The van der Waals surface area contributed by atoms with Crippen molar-refractivity contribution in [3.8, 4) is 0 Å². The number of carbonyl (C=O) groups excluding carboxylic acids is 1. The quantitative estimate of drug-likeness (QED) is 0.858. The van der Waals surface area contributed by atoms with Gasteiger partial charge in [-0.1, -0.05) is 6.08 Å². The zero-order chi connectivity index (χ0) is 16.1. The number of anilines is 1. The molecule has 0 atom stereocenters. The van der Waals surface area contributed by atoms with Gasteiger partial charge in [-0.05, 0) is 25.0 Å². The molecule has 0 aromatic carbocycles. The molecule has 6 heteroatoms. The predicted octanol–water partition coefficient (Wildman–Crippen LogP) is 2.04. The lowest BCUT2D eigenvalue weighted by atomic mass is 10.0. The Balaban J connectivity index is 1.58. The molecule has 0 aliphatic carbocycles. The van der Waals surface area contributed by atoms with Gasteiger partial charge in [0.2, 0.25) is 0 Å². The van der Waals surface area contributed by atoms with Gasteiger partial charge in [-0.2, -0.15) is 0 Å². The molecule has 0 unspecified atom stereocenters. The SMILES string of the molecule is C=CCNC(=O)c1ccc(N2CCC(n3ccnc3)CC2)nc1. The third-order valence-electron chi connectivity index (χ3n) is 4.15. The molecule has 0 saturated carbocycles. The van der Waals surface area contributed by atoms with Crippen LogP contribution in [0, 0.1) is 0 Å². The molecule has 1 N–H and O–H groups in total. The van der Waals surface area contributed by atoms with Gasteiger partial charge in [-0.3, -0.25) is 4.79 Å².